The highest BCUT2D eigenvalue weighted by Crippen LogP contribution is 2.20. The van der Waals surface area contributed by atoms with Crippen LogP contribution in [-0.4, -0.2) is 24.7 Å². The van der Waals surface area contributed by atoms with Crippen molar-refractivity contribution in [2.75, 3.05) is 0 Å². The number of hydrogen-bond donors (Lipinski definition) is 2. The van der Waals surface area contributed by atoms with E-state index in [9.17, 15) is 0 Å². The quantitative estimate of drug-likeness (QED) is 0.703. The van der Waals surface area contributed by atoms with Gasteiger partial charge in [-0.15, -0.1) is 0 Å². The Morgan fingerprint density at radius 1 is 1.44 bits per heavy atom. The molecule has 6 nitrogen and oxygen atoms in total. The third-order valence-corrected chi connectivity index (χ3v) is 3.00. The van der Waals surface area contributed by atoms with Crippen LogP contribution in [0.3, 0.4) is 0 Å². The molecule has 3 aromatic rings. The third-order valence-electron chi connectivity index (χ3n) is 3.00. The van der Waals surface area contributed by atoms with Crippen LogP contribution in [-0.2, 0) is 7.05 Å². The van der Waals surface area contributed by atoms with Crippen LogP contribution in [0.1, 0.15) is 23.0 Å². The second-order valence-corrected chi connectivity index (χ2v) is 4.37. The van der Waals surface area contributed by atoms with Crippen LogP contribution in [0.5, 0.6) is 0 Å². The van der Waals surface area contributed by atoms with Crippen LogP contribution in [0, 0.1) is 6.92 Å². The first-order valence-corrected chi connectivity index (χ1v) is 5.70. The number of hydrogen-bond acceptors (Lipinski definition) is 4. The van der Waals surface area contributed by atoms with Gasteiger partial charge in [-0.2, -0.15) is 5.10 Å². The number of nitrogens with two attached hydrogens (primary N) is 1. The molecule has 1 atom stereocenters. The van der Waals surface area contributed by atoms with E-state index in [1.54, 1.807) is 17.1 Å². The standard InChI is InChI=1S/C12H14N6/c1-7-3-4-14-12-10(7)16-11(17-12)9(13)8-5-15-18(2)6-8/h3-6,9H,13H2,1-2H3,(H,14,16,17). The van der Waals surface area contributed by atoms with Crippen molar-refractivity contribution in [2.45, 2.75) is 13.0 Å². The van der Waals surface area contributed by atoms with E-state index >= 15 is 0 Å². The lowest BCUT2D eigenvalue weighted by atomic mass is 10.2. The smallest absolute Gasteiger partial charge is 0.178 e. The number of nitrogens with one attached hydrogen (secondary N) is 1. The van der Waals surface area contributed by atoms with Crippen molar-refractivity contribution in [3.63, 3.8) is 0 Å². The Hall–Kier alpha value is -2.21. The number of aromatic amines is 1. The lowest BCUT2D eigenvalue weighted by Crippen LogP contribution is -2.12. The lowest BCUT2D eigenvalue weighted by Gasteiger charge is -2.04. The van der Waals surface area contributed by atoms with Crippen molar-refractivity contribution >= 4 is 11.2 Å². The number of rotatable bonds is 2. The molecule has 92 valence electrons. The van der Waals surface area contributed by atoms with Crippen LogP contribution in [0.15, 0.2) is 24.7 Å². The molecule has 3 N–H and O–H groups in total. The van der Waals surface area contributed by atoms with Crippen molar-refractivity contribution < 1.29 is 0 Å². The second-order valence-electron chi connectivity index (χ2n) is 4.37. The summed E-state index contributed by atoms with van der Waals surface area (Å²) in [5.41, 5.74) is 9.84. The van der Waals surface area contributed by atoms with Crippen molar-refractivity contribution in [1.29, 1.82) is 0 Å². The molecule has 0 radical (unpaired) electrons. The first kappa shape index (κ1) is 10.9. The van der Waals surface area contributed by atoms with E-state index in [1.807, 2.05) is 26.2 Å². The van der Waals surface area contributed by atoms with Gasteiger partial charge in [0.2, 0.25) is 0 Å². The van der Waals surface area contributed by atoms with Crippen molar-refractivity contribution in [1.82, 2.24) is 24.7 Å². The number of nitrogens with zero attached hydrogens (tertiary/aromatic N) is 4. The molecule has 6 heteroatoms. The molecule has 0 amide bonds. The molecule has 0 aromatic carbocycles. The molecule has 0 aliphatic heterocycles. The SMILES string of the molecule is Cc1ccnc2nc(C(N)c3cnn(C)c3)[nH]c12. The molecular weight excluding hydrogens is 228 g/mol. The minimum Gasteiger partial charge on any atom is -0.339 e. The van der Waals surface area contributed by atoms with Gasteiger partial charge in [0, 0.05) is 25.0 Å². The van der Waals surface area contributed by atoms with Gasteiger partial charge in [0.1, 0.15) is 5.82 Å². The van der Waals surface area contributed by atoms with Gasteiger partial charge < -0.3 is 10.7 Å². The van der Waals surface area contributed by atoms with E-state index < -0.39 is 0 Å². The van der Waals surface area contributed by atoms with Gasteiger partial charge >= 0.3 is 0 Å². The topological polar surface area (TPSA) is 85.4 Å². The molecule has 0 bridgehead atoms. The molecule has 3 rings (SSSR count). The highest BCUT2D eigenvalue weighted by Gasteiger charge is 2.16. The molecule has 3 heterocycles. The van der Waals surface area contributed by atoms with Crippen LogP contribution >= 0.6 is 0 Å². The maximum Gasteiger partial charge on any atom is 0.178 e. The molecule has 0 aliphatic rings. The maximum absolute atomic E-state index is 6.17. The van der Waals surface area contributed by atoms with E-state index in [-0.39, 0.29) is 6.04 Å². The number of H-pyrrole nitrogens is 1. The summed E-state index contributed by atoms with van der Waals surface area (Å²) < 4.78 is 1.72. The summed E-state index contributed by atoms with van der Waals surface area (Å²) >= 11 is 0. The van der Waals surface area contributed by atoms with Crippen LogP contribution in [0.4, 0.5) is 0 Å². The number of fused-ring (bicyclic) bond motifs is 1. The first-order valence-electron chi connectivity index (χ1n) is 5.70. The first-order chi connectivity index (χ1) is 8.65. The molecule has 0 saturated carbocycles. The Morgan fingerprint density at radius 2 is 2.28 bits per heavy atom. The normalized spacial score (nSPS) is 13.1. The molecule has 0 aliphatic carbocycles. The monoisotopic (exact) mass is 242 g/mol. The summed E-state index contributed by atoms with van der Waals surface area (Å²) in [5.74, 6) is 0.708. The fourth-order valence-corrected chi connectivity index (χ4v) is 1.96. The molecule has 3 aromatic heterocycles. The van der Waals surface area contributed by atoms with Gasteiger partial charge in [0.05, 0.1) is 17.8 Å². The van der Waals surface area contributed by atoms with Crippen molar-refractivity contribution in [2.24, 2.45) is 12.8 Å². The van der Waals surface area contributed by atoms with Crippen LogP contribution in [0.25, 0.3) is 11.2 Å². The number of pyridine rings is 1. The van der Waals surface area contributed by atoms with E-state index in [1.165, 1.54) is 0 Å². The Kier molecular flexibility index (Phi) is 2.38. The largest absolute Gasteiger partial charge is 0.339 e. The summed E-state index contributed by atoms with van der Waals surface area (Å²) in [6.07, 6.45) is 5.38. The minimum absolute atomic E-state index is 0.313. The second kappa shape index (κ2) is 3.92. The molecule has 18 heavy (non-hydrogen) atoms. The number of imidazole rings is 1. The zero-order chi connectivity index (χ0) is 12.7. The molecular formula is C12H14N6. The Bertz CT molecular complexity index is 695. The predicted molar refractivity (Wildman–Crippen MR) is 67.9 cm³/mol. The fourth-order valence-electron chi connectivity index (χ4n) is 1.96. The van der Waals surface area contributed by atoms with Crippen LogP contribution in [0.2, 0.25) is 0 Å². The summed E-state index contributed by atoms with van der Waals surface area (Å²) in [4.78, 5) is 11.9. The Labute approximate surface area is 104 Å². The Morgan fingerprint density at radius 3 is 2.94 bits per heavy atom. The fraction of sp³-hybridized carbons (Fsp3) is 0.250. The summed E-state index contributed by atoms with van der Waals surface area (Å²) in [6.45, 7) is 2.02. The molecule has 0 spiro atoms. The number of aromatic nitrogens is 5. The van der Waals surface area contributed by atoms with E-state index in [4.69, 9.17) is 5.73 Å². The molecule has 1 unspecified atom stereocenters. The summed E-state index contributed by atoms with van der Waals surface area (Å²) in [6, 6.07) is 1.63. The van der Waals surface area contributed by atoms with Gasteiger partial charge in [-0.3, -0.25) is 4.68 Å². The van der Waals surface area contributed by atoms with E-state index in [0.29, 0.717) is 11.5 Å². The number of aryl methyl sites for hydroxylation is 2. The van der Waals surface area contributed by atoms with Crippen molar-refractivity contribution in [3.05, 3.63) is 41.6 Å². The van der Waals surface area contributed by atoms with Crippen LogP contribution < -0.4 is 5.73 Å². The van der Waals surface area contributed by atoms with E-state index in [2.05, 4.69) is 20.1 Å². The minimum atomic E-state index is -0.313. The molecule has 0 fully saturated rings. The third kappa shape index (κ3) is 1.67. The average molecular weight is 242 g/mol. The molecule has 0 saturated heterocycles. The summed E-state index contributed by atoms with van der Waals surface area (Å²) in [5, 5.41) is 4.11. The van der Waals surface area contributed by atoms with Gasteiger partial charge in [0.25, 0.3) is 0 Å². The van der Waals surface area contributed by atoms with Gasteiger partial charge in [-0.1, -0.05) is 0 Å². The van der Waals surface area contributed by atoms with E-state index in [0.717, 1.165) is 16.6 Å². The lowest BCUT2D eigenvalue weighted by molar-refractivity contribution is 0.761. The average Bonchev–Trinajstić information content (AvgIpc) is 2.95. The van der Waals surface area contributed by atoms with Gasteiger partial charge in [0.15, 0.2) is 5.65 Å². The Balaban J connectivity index is 2.06. The highest BCUT2D eigenvalue weighted by molar-refractivity contribution is 5.74. The van der Waals surface area contributed by atoms with Gasteiger partial charge in [-0.05, 0) is 18.6 Å². The van der Waals surface area contributed by atoms with Gasteiger partial charge in [-0.25, -0.2) is 9.97 Å². The zero-order valence-corrected chi connectivity index (χ0v) is 10.3. The highest BCUT2D eigenvalue weighted by atomic mass is 15.2. The predicted octanol–water partition coefficient (Wildman–Crippen LogP) is 1.05. The zero-order valence-electron chi connectivity index (χ0n) is 10.3. The van der Waals surface area contributed by atoms with Crippen molar-refractivity contribution in [3.8, 4) is 0 Å². The summed E-state index contributed by atoms with van der Waals surface area (Å²) in [7, 11) is 1.86. The maximum atomic E-state index is 6.17.